The Morgan fingerprint density at radius 2 is 2.20 bits per heavy atom. The lowest BCUT2D eigenvalue weighted by Gasteiger charge is -2.07. The molecule has 4 heteroatoms. The molecule has 0 N–H and O–H groups in total. The van der Waals surface area contributed by atoms with Crippen LogP contribution in [-0.2, 0) is 6.54 Å². The smallest absolute Gasteiger partial charge is 0.151 e. The van der Waals surface area contributed by atoms with Crippen LogP contribution >= 0.6 is 0 Å². The van der Waals surface area contributed by atoms with Crippen LogP contribution in [0.2, 0.25) is 0 Å². The molecule has 15 heavy (non-hydrogen) atoms. The van der Waals surface area contributed by atoms with Gasteiger partial charge in [-0.15, -0.1) is 0 Å². The Balaban J connectivity index is 2.23. The van der Waals surface area contributed by atoms with Gasteiger partial charge in [-0.2, -0.15) is 5.10 Å². The average molecular weight is 202 g/mol. The predicted octanol–water partition coefficient (Wildman–Crippen LogP) is 1.52. The molecule has 1 radical (unpaired) electrons. The van der Waals surface area contributed by atoms with Gasteiger partial charge in [0.2, 0.25) is 0 Å². The van der Waals surface area contributed by atoms with Gasteiger partial charge in [0.05, 0.1) is 13.7 Å². The highest BCUT2D eigenvalue weighted by atomic mass is 16.5. The highest BCUT2D eigenvalue weighted by Crippen LogP contribution is 2.17. The maximum absolute atomic E-state index is 5.25. The first kappa shape index (κ1) is 9.71. The van der Waals surface area contributed by atoms with Gasteiger partial charge in [0.25, 0.3) is 0 Å². The molecule has 0 saturated heterocycles. The van der Waals surface area contributed by atoms with Crippen LogP contribution < -0.4 is 4.74 Å². The van der Waals surface area contributed by atoms with E-state index in [1.54, 1.807) is 18.1 Å². The van der Waals surface area contributed by atoms with Gasteiger partial charge in [-0.1, -0.05) is 18.2 Å². The van der Waals surface area contributed by atoms with Gasteiger partial charge in [0.15, 0.2) is 5.82 Å². The molecule has 1 heterocycles. The van der Waals surface area contributed by atoms with Crippen molar-refractivity contribution in [3.05, 3.63) is 48.9 Å². The van der Waals surface area contributed by atoms with Crippen LogP contribution in [0.4, 0.5) is 0 Å². The van der Waals surface area contributed by atoms with E-state index < -0.39 is 0 Å². The summed E-state index contributed by atoms with van der Waals surface area (Å²) in [7, 11) is 1.66. The van der Waals surface area contributed by atoms with Crippen LogP contribution in [0.1, 0.15) is 11.4 Å². The summed E-state index contributed by atoms with van der Waals surface area (Å²) in [6.07, 6.45) is 1.66. The Kier molecular flexibility index (Phi) is 2.67. The third-order valence-electron chi connectivity index (χ3n) is 2.11. The number of ether oxygens (including phenoxy) is 1. The summed E-state index contributed by atoms with van der Waals surface area (Å²) in [6.45, 7) is 4.30. The maximum Gasteiger partial charge on any atom is 0.151 e. The van der Waals surface area contributed by atoms with Gasteiger partial charge in [-0.25, -0.2) is 9.67 Å². The number of rotatable bonds is 3. The molecule has 0 bridgehead atoms. The zero-order valence-electron chi connectivity index (χ0n) is 8.55. The number of hydrogen-bond donors (Lipinski definition) is 0. The topological polar surface area (TPSA) is 39.9 Å². The Morgan fingerprint density at radius 1 is 1.40 bits per heavy atom. The van der Waals surface area contributed by atoms with Gasteiger partial charge in [0, 0.05) is 12.5 Å². The van der Waals surface area contributed by atoms with E-state index in [4.69, 9.17) is 4.74 Å². The molecule has 0 aliphatic rings. The molecule has 4 nitrogen and oxygen atoms in total. The summed E-state index contributed by atoms with van der Waals surface area (Å²) in [5, 5.41) is 4.12. The molecule has 1 aromatic carbocycles. The molecule has 77 valence electrons. The van der Waals surface area contributed by atoms with E-state index >= 15 is 0 Å². The van der Waals surface area contributed by atoms with Crippen molar-refractivity contribution >= 4 is 0 Å². The summed E-state index contributed by atoms with van der Waals surface area (Å²) in [6, 6.07) is 7.84. The third-order valence-corrected chi connectivity index (χ3v) is 2.11. The molecule has 0 amide bonds. The summed E-state index contributed by atoms with van der Waals surface area (Å²) in [4.78, 5) is 3.97. The molecule has 1 aromatic heterocycles. The van der Waals surface area contributed by atoms with Crippen molar-refractivity contribution < 1.29 is 4.74 Å². The zero-order chi connectivity index (χ0) is 10.7. The lowest BCUT2D eigenvalue weighted by Crippen LogP contribution is -2.02. The van der Waals surface area contributed by atoms with Crippen molar-refractivity contribution in [1.82, 2.24) is 14.8 Å². The van der Waals surface area contributed by atoms with Crippen LogP contribution in [0.15, 0.2) is 30.6 Å². The monoisotopic (exact) mass is 202 g/mol. The van der Waals surface area contributed by atoms with Gasteiger partial charge >= 0.3 is 0 Å². The van der Waals surface area contributed by atoms with E-state index in [0.717, 1.165) is 11.3 Å². The molecule has 2 aromatic rings. The molecular weight excluding hydrogens is 190 g/mol. The standard InChI is InChI=1S/C11H12N3O/c1-9-12-8-14(13-9)7-10-5-3-4-6-11(10)15-2/h3-6,8H,1,7H2,2H3. The second-order valence-corrected chi connectivity index (χ2v) is 3.17. The first-order valence-corrected chi connectivity index (χ1v) is 4.63. The minimum absolute atomic E-state index is 0.532. The fraction of sp³-hybridized carbons (Fsp3) is 0.182. The summed E-state index contributed by atoms with van der Waals surface area (Å²) in [5.41, 5.74) is 1.07. The van der Waals surface area contributed by atoms with Crippen molar-refractivity contribution in [3.63, 3.8) is 0 Å². The second-order valence-electron chi connectivity index (χ2n) is 3.17. The number of methoxy groups -OCH3 is 1. The van der Waals surface area contributed by atoms with E-state index in [9.17, 15) is 0 Å². The van der Waals surface area contributed by atoms with Gasteiger partial charge in [0.1, 0.15) is 12.1 Å². The Hall–Kier alpha value is -1.84. The lowest BCUT2D eigenvalue weighted by atomic mass is 10.2. The van der Waals surface area contributed by atoms with Gasteiger partial charge in [-0.05, 0) is 6.07 Å². The summed E-state index contributed by atoms with van der Waals surface area (Å²) < 4.78 is 6.98. The van der Waals surface area contributed by atoms with E-state index in [2.05, 4.69) is 17.0 Å². The largest absolute Gasteiger partial charge is 0.496 e. The van der Waals surface area contributed by atoms with E-state index in [1.807, 2.05) is 24.3 Å². The number of hydrogen-bond acceptors (Lipinski definition) is 3. The molecule has 0 aliphatic carbocycles. The Labute approximate surface area is 88.5 Å². The van der Waals surface area contributed by atoms with E-state index in [0.29, 0.717) is 12.4 Å². The van der Waals surface area contributed by atoms with Crippen LogP contribution in [0.25, 0.3) is 0 Å². The molecular formula is C11H12N3O. The van der Waals surface area contributed by atoms with Crippen LogP contribution in [0.5, 0.6) is 5.75 Å². The van der Waals surface area contributed by atoms with E-state index in [1.165, 1.54) is 0 Å². The van der Waals surface area contributed by atoms with Crippen LogP contribution in [0, 0.1) is 6.92 Å². The summed E-state index contributed by atoms with van der Waals surface area (Å²) >= 11 is 0. The minimum atomic E-state index is 0.532. The maximum atomic E-state index is 5.25. The van der Waals surface area contributed by atoms with Crippen molar-refractivity contribution in [3.8, 4) is 5.75 Å². The average Bonchev–Trinajstić information content (AvgIpc) is 2.65. The SMILES string of the molecule is [CH2]c1ncn(Cc2ccccc2OC)n1. The number of para-hydroxylation sites is 1. The van der Waals surface area contributed by atoms with Crippen LogP contribution in [-0.4, -0.2) is 21.9 Å². The molecule has 0 aliphatic heterocycles. The fourth-order valence-electron chi connectivity index (χ4n) is 1.42. The first-order chi connectivity index (χ1) is 7.29. The molecule has 0 unspecified atom stereocenters. The number of aromatic nitrogens is 3. The van der Waals surface area contributed by atoms with Crippen molar-refractivity contribution in [1.29, 1.82) is 0 Å². The zero-order valence-corrected chi connectivity index (χ0v) is 8.55. The fourth-order valence-corrected chi connectivity index (χ4v) is 1.42. The van der Waals surface area contributed by atoms with E-state index in [-0.39, 0.29) is 0 Å². The van der Waals surface area contributed by atoms with Gasteiger partial charge in [-0.3, -0.25) is 0 Å². The van der Waals surface area contributed by atoms with Gasteiger partial charge < -0.3 is 4.74 Å². The first-order valence-electron chi connectivity index (χ1n) is 4.63. The predicted molar refractivity (Wildman–Crippen MR) is 56.6 cm³/mol. The third kappa shape index (κ3) is 2.15. The lowest BCUT2D eigenvalue weighted by molar-refractivity contribution is 0.407. The molecule has 0 atom stereocenters. The molecule has 2 rings (SSSR count). The molecule has 0 saturated carbocycles. The van der Waals surface area contributed by atoms with Crippen molar-refractivity contribution in [2.45, 2.75) is 6.54 Å². The Morgan fingerprint density at radius 3 is 2.87 bits per heavy atom. The van der Waals surface area contributed by atoms with Crippen molar-refractivity contribution in [2.75, 3.05) is 7.11 Å². The number of nitrogens with zero attached hydrogens (tertiary/aromatic N) is 3. The highest BCUT2D eigenvalue weighted by Gasteiger charge is 2.03. The molecule has 0 fully saturated rings. The minimum Gasteiger partial charge on any atom is -0.496 e. The quantitative estimate of drug-likeness (QED) is 0.757. The Bertz CT molecular complexity index is 451. The van der Waals surface area contributed by atoms with Crippen molar-refractivity contribution in [2.24, 2.45) is 0 Å². The number of benzene rings is 1. The highest BCUT2D eigenvalue weighted by molar-refractivity contribution is 5.33. The summed E-state index contributed by atoms with van der Waals surface area (Å²) in [5.74, 6) is 1.39. The second kappa shape index (κ2) is 4.13. The normalized spacial score (nSPS) is 10.3. The molecule has 0 spiro atoms. The van der Waals surface area contributed by atoms with Crippen LogP contribution in [0.3, 0.4) is 0 Å².